The van der Waals surface area contributed by atoms with Gasteiger partial charge in [0.05, 0.1) is 6.61 Å². The molecule has 1 N–H and O–H groups in total. The van der Waals surface area contributed by atoms with Crippen LogP contribution >= 0.6 is 0 Å². The van der Waals surface area contributed by atoms with E-state index in [1.807, 2.05) is 0 Å². The van der Waals surface area contributed by atoms with Crippen molar-refractivity contribution in [2.24, 2.45) is 5.41 Å². The minimum atomic E-state index is -0.212. The quantitative estimate of drug-likeness (QED) is 0.750. The molecule has 1 aromatic rings. The van der Waals surface area contributed by atoms with Crippen molar-refractivity contribution < 1.29 is 9.13 Å². The molecule has 0 aliphatic carbocycles. The first-order chi connectivity index (χ1) is 8.92. The molecule has 0 aromatic heterocycles. The second-order valence-electron chi connectivity index (χ2n) is 6.09. The summed E-state index contributed by atoms with van der Waals surface area (Å²) in [6.45, 7) is 10.9. The molecule has 0 saturated carbocycles. The lowest BCUT2D eigenvalue weighted by molar-refractivity contribution is 0.241. The van der Waals surface area contributed by atoms with E-state index in [2.05, 4.69) is 33.0 Å². The zero-order valence-electron chi connectivity index (χ0n) is 12.6. The van der Waals surface area contributed by atoms with E-state index in [4.69, 9.17) is 4.74 Å². The van der Waals surface area contributed by atoms with Gasteiger partial charge in [0.1, 0.15) is 11.6 Å². The van der Waals surface area contributed by atoms with Crippen LogP contribution < -0.4 is 10.1 Å². The summed E-state index contributed by atoms with van der Waals surface area (Å²) < 4.78 is 19.1. The lowest BCUT2D eigenvalue weighted by atomic mass is 9.93. The van der Waals surface area contributed by atoms with Crippen LogP contribution in [0.15, 0.2) is 18.2 Å². The third-order valence-electron chi connectivity index (χ3n) is 2.87. The molecule has 0 radical (unpaired) electrons. The van der Waals surface area contributed by atoms with Gasteiger partial charge in [-0.1, -0.05) is 27.7 Å². The van der Waals surface area contributed by atoms with Crippen LogP contribution in [-0.4, -0.2) is 13.2 Å². The van der Waals surface area contributed by atoms with Crippen LogP contribution in [0, 0.1) is 11.2 Å². The normalized spacial score (nSPS) is 11.6. The maximum atomic E-state index is 13.3. The third-order valence-corrected chi connectivity index (χ3v) is 2.87. The van der Waals surface area contributed by atoms with Crippen molar-refractivity contribution in [3.05, 3.63) is 29.6 Å². The molecule has 2 nitrogen and oxygen atoms in total. The molecule has 0 atom stereocenters. The number of ether oxygens (including phenoxy) is 1. The van der Waals surface area contributed by atoms with Gasteiger partial charge >= 0.3 is 0 Å². The van der Waals surface area contributed by atoms with Crippen LogP contribution in [0.2, 0.25) is 0 Å². The Morgan fingerprint density at radius 2 is 2.00 bits per heavy atom. The van der Waals surface area contributed by atoms with Crippen molar-refractivity contribution in [2.75, 3.05) is 13.2 Å². The van der Waals surface area contributed by atoms with Gasteiger partial charge in [0.25, 0.3) is 0 Å². The molecule has 3 heteroatoms. The molecule has 0 saturated heterocycles. The lowest BCUT2D eigenvalue weighted by Gasteiger charge is -2.19. The summed E-state index contributed by atoms with van der Waals surface area (Å²) in [6.07, 6.45) is 2.04. The molecule has 108 valence electrons. The van der Waals surface area contributed by atoms with Gasteiger partial charge in [0.2, 0.25) is 0 Å². The van der Waals surface area contributed by atoms with Crippen molar-refractivity contribution in [1.29, 1.82) is 0 Å². The van der Waals surface area contributed by atoms with Gasteiger partial charge in [-0.15, -0.1) is 0 Å². The topological polar surface area (TPSA) is 21.3 Å². The first-order valence-corrected chi connectivity index (χ1v) is 7.04. The van der Waals surface area contributed by atoms with Crippen LogP contribution in [0.5, 0.6) is 5.75 Å². The van der Waals surface area contributed by atoms with Gasteiger partial charge in [-0.3, -0.25) is 0 Å². The molecular formula is C16H26FNO. The Hall–Kier alpha value is -1.09. The van der Waals surface area contributed by atoms with Crippen LogP contribution in [0.4, 0.5) is 4.39 Å². The molecule has 0 bridgehead atoms. The minimum absolute atomic E-state index is 0.212. The Labute approximate surface area is 116 Å². The van der Waals surface area contributed by atoms with E-state index in [1.165, 1.54) is 6.07 Å². The Morgan fingerprint density at radius 3 is 2.63 bits per heavy atom. The molecule has 0 spiro atoms. The molecule has 0 amide bonds. The highest BCUT2D eigenvalue weighted by molar-refractivity contribution is 5.33. The molecule has 19 heavy (non-hydrogen) atoms. The van der Waals surface area contributed by atoms with E-state index in [9.17, 15) is 4.39 Å². The van der Waals surface area contributed by atoms with Gasteiger partial charge in [0.15, 0.2) is 0 Å². The lowest BCUT2D eigenvalue weighted by Crippen LogP contribution is -2.16. The zero-order chi connectivity index (χ0) is 14.3. The fourth-order valence-corrected chi connectivity index (χ4v) is 1.69. The maximum Gasteiger partial charge on any atom is 0.123 e. The van der Waals surface area contributed by atoms with Crippen LogP contribution in [-0.2, 0) is 6.54 Å². The van der Waals surface area contributed by atoms with E-state index in [1.54, 1.807) is 12.1 Å². The van der Waals surface area contributed by atoms with Crippen molar-refractivity contribution in [3.8, 4) is 5.75 Å². The van der Waals surface area contributed by atoms with E-state index in [0.29, 0.717) is 13.2 Å². The molecule has 0 aliphatic rings. The predicted molar refractivity (Wildman–Crippen MR) is 78.0 cm³/mol. The molecule has 0 aliphatic heterocycles. The number of hydrogen-bond acceptors (Lipinski definition) is 2. The third kappa shape index (κ3) is 6.58. The van der Waals surface area contributed by atoms with Gasteiger partial charge in [0, 0.05) is 12.1 Å². The molecular weight excluding hydrogens is 241 g/mol. The first-order valence-electron chi connectivity index (χ1n) is 7.04. The molecule has 1 aromatic carbocycles. The van der Waals surface area contributed by atoms with Crippen molar-refractivity contribution in [2.45, 2.75) is 47.1 Å². The predicted octanol–water partition coefficient (Wildman–Crippen LogP) is 4.14. The highest BCUT2D eigenvalue weighted by atomic mass is 19.1. The Morgan fingerprint density at radius 1 is 1.26 bits per heavy atom. The highest BCUT2D eigenvalue weighted by Crippen LogP contribution is 2.23. The summed E-state index contributed by atoms with van der Waals surface area (Å²) in [5.74, 6) is 0.575. The molecule has 0 heterocycles. The number of halogens is 1. The number of benzene rings is 1. The average molecular weight is 267 g/mol. The first kappa shape index (κ1) is 16.0. The summed E-state index contributed by atoms with van der Waals surface area (Å²) in [7, 11) is 0. The summed E-state index contributed by atoms with van der Waals surface area (Å²) in [5, 5.41) is 3.28. The van der Waals surface area contributed by atoms with Crippen LogP contribution in [0.25, 0.3) is 0 Å². The highest BCUT2D eigenvalue weighted by Gasteiger charge is 2.11. The van der Waals surface area contributed by atoms with Crippen molar-refractivity contribution in [1.82, 2.24) is 5.32 Å². The van der Waals surface area contributed by atoms with E-state index >= 15 is 0 Å². The largest absolute Gasteiger partial charge is 0.493 e. The maximum absolute atomic E-state index is 13.3. The summed E-state index contributed by atoms with van der Waals surface area (Å²) >= 11 is 0. The summed E-state index contributed by atoms with van der Waals surface area (Å²) in [4.78, 5) is 0. The Kier molecular flexibility index (Phi) is 6.29. The van der Waals surface area contributed by atoms with Crippen LogP contribution in [0.1, 0.15) is 46.1 Å². The minimum Gasteiger partial charge on any atom is -0.493 e. The monoisotopic (exact) mass is 267 g/mol. The van der Waals surface area contributed by atoms with Crippen LogP contribution in [0.3, 0.4) is 0 Å². The zero-order valence-corrected chi connectivity index (χ0v) is 12.6. The standard InChI is InChI=1S/C16H26FNO/c1-5-9-18-12-13-11-14(17)6-7-15(13)19-10-8-16(2,3)4/h6-7,11,18H,5,8-10,12H2,1-4H3. The van der Waals surface area contributed by atoms with Crippen molar-refractivity contribution in [3.63, 3.8) is 0 Å². The van der Waals surface area contributed by atoms with Gasteiger partial charge in [-0.05, 0) is 43.0 Å². The molecule has 0 fully saturated rings. The van der Waals surface area contributed by atoms with E-state index < -0.39 is 0 Å². The molecule has 0 unspecified atom stereocenters. The second kappa shape index (κ2) is 7.49. The van der Waals surface area contributed by atoms with Gasteiger partial charge in [-0.25, -0.2) is 4.39 Å². The fourth-order valence-electron chi connectivity index (χ4n) is 1.69. The number of rotatable bonds is 7. The average Bonchev–Trinajstić information content (AvgIpc) is 2.30. The Balaban J connectivity index is 2.60. The number of hydrogen-bond donors (Lipinski definition) is 1. The fraction of sp³-hybridized carbons (Fsp3) is 0.625. The Bertz CT molecular complexity index is 385. The number of nitrogens with one attached hydrogen (secondary N) is 1. The van der Waals surface area contributed by atoms with Gasteiger partial charge in [-0.2, -0.15) is 0 Å². The van der Waals surface area contributed by atoms with E-state index in [0.717, 1.165) is 30.7 Å². The smallest absolute Gasteiger partial charge is 0.123 e. The van der Waals surface area contributed by atoms with Crippen molar-refractivity contribution >= 4 is 0 Å². The second-order valence-corrected chi connectivity index (χ2v) is 6.09. The summed E-state index contributed by atoms with van der Waals surface area (Å²) in [6, 6.07) is 4.73. The van der Waals surface area contributed by atoms with Gasteiger partial charge < -0.3 is 10.1 Å². The summed E-state index contributed by atoms with van der Waals surface area (Å²) in [5.41, 5.74) is 1.14. The molecule has 1 rings (SSSR count). The SMILES string of the molecule is CCCNCc1cc(F)ccc1OCCC(C)(C)C. The van der Waals surface area contributed by atoms with E-state index in [-0.39, 0.29) is 11.2 Å².